The molecule has 2 fully saturated rings. The Kier molecular flexibility index (Phi) is 3.99. The van der Waals surface area contributed by atoms with Crippen LogP contribution in [0.4, 0.5) is 0 Å². The second-order valence-corrected chi connectivity index (χ2v) is 8.34. The highest BCUT2D eigenvalue weighted by molar-refractivity contribution is 7.87. The standard InChI is InChI=1S/C12H23ClN2O2S/c1-9-6-4-5-7-15(9)18(16,17)14-11-8-10(13)12(11,2)3/h9-11,14H,4-8H2,1-3H3. The number of nitrogens with one attached hydrogen (secondary N) is 1. The molecule has 6 heteroatoms. The maximum absolute atomic E-state index is 12.4. The molecule has 3 unspecified atom stereocenters. The summed E-state index contributed by atoms with van der Waals surface area (Å²) in [6.07, 6.45) is 3.74. The van der Waals surface area contributed by atoms with Gasteiger partial charge in [-0.1, -0.05) is 20.3 Å². The lowest BCUT2D eigenvalue weighted by molar-refractivity contribution is 0.133. The molecule has 106 valence electrons. The largest absolute Gasteiger partial charge is 0.279 e. The Labute approximate surface area is 115 Å². The summed E-state index contributed by atoms with van der Waals surface area (Å²) in [6, 6.07) is 0.0605. The fourth-order valence-electron chi connectivity index (χ4n) is 2.75. The van der Waals surface area contributed by atoms with Gasteiger partial charge in [-0.05, 0) is 31.6 Å². The minimum atomic E-state index is -3.36. The molecular formula is C12H23ClN2O2S. The van der Waals surface area contributed by atoms with Crippen molar-refractivity contribution in [3.8, 4) is 0 Å². The van der Waals surface area contributed by atoms with Gasteiger partial charge >= 0.3 is 0 Å². The van der Waals surface area contributed by atoms with E-state index in [2.05, 4.69) is 4.72 Å². The van der Waals surface area contributed by atoms with E-state index in [9.17, 15) is 8.42 Å². The zero-order chi connectivity index (χ0) is 13.6. The second kappa shape index (κ2) is 4.93. The van der Waals surface area contributed by atoms with E-state index in [0.717, 1.165) is 25.7 Å². The van der Waals surface area contributed by atoms with Crippen molar-refractivity contribution in [1.82, 2.24) is 9.03 Å². The van der Waals surface area contributed by atoms with E-state index in [-0.39, 0.29) is 22.9 Å². The molecule has 0 spiro atoms. The van der Waals surface area contributed by atoms with Crippen LogP contribution in [0.2, 0.25) is 0 Å². The molecule has 1 aliphatic heterocycles. The van der Waals surface area contributed by atoms with Crippen LogP contribution in [-0.2, 0) is 10.2 Å². The van der Waals surface area contributed by atoms with E-state index < -0.39 is 10.2 Å². The summed E-state index contributed by atoms with van der Waals surface area (Å²) in [5, 5.41) is 0.0592. The lowest BCUT2D eigenvalue weighted by Gasteiger charge is -2.49. The lowest BCUT2D eigenvalue weighted by Crippen LogP contribution is -2.62. The van der Waals surface area contributed by atoms with Gasteiger partial charge in [0.2, 0.25) is 0 Å². The van der Waals surface area contributed by atoms with Gasteiger partial charge in [0.15, 0.2) is 0 Å². The summed E-state index contributed by atoms with van der Waals surface area (Å²) in [5.41, 5.74) is -0.159. The smallest absolute Gasteiger partial charge is 0.198 e. The topological polar surface area (TPSA) is 49.4 Å². The Hall–Kier alpha value is 0.160. The normalized spacial score (nSPS) is 37.2. The number of alkyl halides is 1. The number of hydrogen-bond donors (Lipinski definition) is 1. The van der Waals surface area contributed by atoms with Crippen LogP contribution < -0.4 is 4.72 Å². The molecule has 1 aliphatic carbocycles. The maximum atomic E-state index is 12.4. The van der Waals surface area contributed by atoms with E-state index in [1.165, 1.54) is 0 Å². The second-order valence-electron chi connectivity index (χ2n) is 6.16. The molecule has 1 N–H and O–H groups in total. The van der Waals surface area contributed by atoms with E-state index >= 15 is 0 Å². The van der Waals surface area contributed by atoms with Crippen molar-refractivity contribution in [3.63, 3.8) is 0 Å². The molecule has 4 nitrogen and oxygen atoms in total. The molecule has 1 saturated heterocycles. The Morgan fingerprint density at radius 1 is 1.33 bits per heavy atom. The fraction of sp³-hybridized carbons (Fsp3) is 1.00. The van der Waals surface area contributed by atoms with Gasteiger partial charge in [-0.15, -0.1) is 11.6 Å². The van der Waals surface area contributed by atoms with Crippen molar-refractivity contribution < 1.29 is 8.42 Å². The molecule has 0 amide bonds. The molecule has 2 aliphatic rings. The van der Waals surface area contributed by atoms with Crippen LogP contribution >= 0.6 is 11.6 Å². The maximum Gasteiger partial charge on any atom is 0.279 e. The van der Waals surface area contributed by atoms with Crippen LogP contribution in [0.25, 0.3) is 0 Å². The Morgan fingerprint density at radius 2 is 2.00 bits per heavy atom. The molecule has 1 heterocycles. The van der Waals surface area contributed by atoms with E-state index in [0.29, 0.717) is 6.54 Å². The van der Waals surface area contributed by atoms with Gasteiger partial charge in [0.25, 0.3) is 10.2 Å². The molecule has 18 heavy (non-hydrogen) atoms. The number of piperidine rings is 1. The van der Waals surface area contributed by atoms with Crippen molar-refractivity contribution in [2.45, 2.75) is 63.9 Å². The summed E-state index contributed by atoms with van der Waals surface area (Å²) >= 11 is 6.13. The average Bonchev–Trinajstić information content (AvgIpc) is 2.29. The van der Waals surface area contributed by atoms with Gasteiger partial charge in [-0.25, -0.2) is 0 Å². The molecule has 2 rings (SSSR count). The summed E-state index contributed by atoms with van der Waals surface area (Å²) in [5.74, 6) is 0. The molecular weight excluding hydrogens is 272 g/mol. The molecule has 0 aromatic carbocycles. The van der Waals surface area contributed by atoms with Crippen molar-refractivity contribution >= 4 is 21.8 Å². The Balaban J connectivity index is 2.04. The van der Waals surface area contributed by atoms with E-state index in [4.69, 9.17) is 11.6 Å². The summed E-state index contributed by atoms with van der Waals surface area (Å²) < 4.78 is 29.2. The lowest BCUT2D eigenvalue weighted by atomic mass is 9.67. The van der Waals surface area contributed by atoms with Crippen molar-refractivity contribution in [2.75, 3.05) is 6.54 Å². The van der Waals surface area contributed by atoms with E-state index in [1.54, 1.807) is 4.31 Å². The number of nitrogens with zero attached hydrogens (tertiary/aromatic N) is 1. The monoisotopic (exact) mass is 294 g/mol. The minimum Gasteiger partial charge on any atom is -0.198 e. The summed E-state index contributed by atoms with van der Waals surface area (Å²) in [4.78, 5) is 0. The summed E-state index contributed by atoms with van der Waals surface area (Å²) in [7, 11) is -3.36. The van der Waals surface area contributed by atoms with E-state index in [1.807, 2.05) is 20.8 Å². The minimum absolute atomic E-state index is 0.0425. The molecule has 0 aromatic rings. The van der Waals surface area contributed by atoms with Gasteiger partial charge in [-0.3, -0.25) is 0 Å². The first-order valence-electron chi connectivity index (χ1n) is 6.68. The average molecular weight is 295 g/mol. The molecule has 3 atom stereocenters. The van der Waals surface area contributed by atoms with Gasteiger partial charge in [0.1, 0.15) is 0 Å². The first kappa shape index (κ1) is 14.6. The van der Waals surface area contributed by atoms with Gasteiger partial charge < -0.3 is 0 Å². The SMILES string of the molecule is CC1CCCCN1S(=O)(=O)NC1CC(Cl)C1(C)C. The first-order chi connectivity index (χ1) is 8.25. The predicted octanol–water partition coefficient (Wildman–Crippen LogP) is 2.10. The number of halogens is 1. The first-order valence-corrected chi connectivity index (χ1v) is 8.56. The molecule has 1 saturated carbocycles. The van der Waals surface area contributed by atoms with Crippen LogP contribution in [-0.4, -0.2) is 36.7 Å². The highest BCUT2D eigenvalue weighted by atomic mass is 35.5. The highest BCUT2D eigenvalue weighted by Gasteiger charge is 2.49. The van der Waals surface area contributed by atoms with Crippen LogP contribution in [0.1, 0.15) is 46.5 Å². The Morgan fingerprint density at radius 3 is 2.50 bits per heavy atom. The zero-order valence-electron chi connectivity index (χ0n) is 11.3. The number of rotatable bonds is 3. The van der Waals surface area contributed by atoms with Crippen molar-refractivity contribution in [3.05, 3.63) is 0 Å². The molecule has 0 radical (unpaired) electrons. The molecule has 0 bridgehead atoms. The molecule has 0 aromatic heterocycles. The Bertz CT molecular complexity index is 410. The van der Waals surface area contributed by atoms with Gasteiger partial charge in [0, 0.05) is 24.0 Å². The quantitative estimate of drug-likeness (QED) is 0.811. The predicted molar refractivity (Wildman–Crippen MR) is 73.9 cm³/mol. The van der Waals surface area contributed by atoms with Crippen LogP contribution in [0.15, 0.2) is 0 Å². The van der Waals surface area contributed by atoms with Crippen LogP contribution in [0.5, 0.6) is 0 Å². The third-order valence-corrected chi connectivity index (χ3v) is 6.97. The van der Waals surface area contributed by atoms with Crippen LogP contribution in [0.3, 0.4) is 0 Å². The number of hydrogen-bond acceptors (Lipinski definition) is 2. The van der Waals surface area contributed by atoms with Gasteiger partial charge in [-0.2, -0.15) is 17.4 Å². The zero-order valence-corrected chi connectivity index (χ0v) is 12.9. The summed E-state index contributed by atoms with van der Waals surface area (Å²) in [6.45, 7) is 6.64. The third kappa shape index (κ3) is 2.55. The van der Waals surface area contributed by atoms with Crippen molar-refractivity contribution in [2.24, 2.45) is 5.41 Å². The van der Waals surface area contributed by atoms with Crippen molar-refractivity contribution in [1.29, 1.82) is 0 Å². The highest BCUT2D eigenvalue weighted by Crippen LogP contribution is 2.44. The van der Waals surface area contributed by atoms with Crippen LogP contribution in [0, 0.1) is 5.41 Å². The van der Waals surface area contributed by atoms with Gasteiger partial charge in [0.05, 0.1) is 0 Å². The fourth-order valence-corrected chi connectivity index (χ4v) is 4.92. The third-order valence-electron chi connectivity index (χ3n) is 4.49.